The highest BCUT2D eigenvalue weighted by molar-refractivity contribution is 14.1. The average molecular weight is 320 g/mol. The Labute approximate surface area is 95.0 Å². The average Bonchev–Trinajstić information content (AvgIpc) is 1.80. The lowest BCUT2D eigenvalue weighted by Gasteiger charge is -2.13. The minimum Gasteiger partial charge on any atom is -0.617 e. The first kappa shape index (κ1) is 15.7. The molecule has 0 saturated carbocycles. The molecule has 0 rings (SSSR count). The molecule has 0 fully saturated rings. The fourth-order valence-electron chi connectivity index (χ4n) is 0.597. The van der Waals surface area contributed by atoms with Gasteiger partial charge in [0.05, 0.1) is 12.5 Å². The molecule has 0 aliphatic heterocycles. The zero-order valence-electron chi connectivity index (χ0n) is 8.82. The van der Waals surface area contributed by atoms with Crippen LogP contribution in [0.5, 0.6) is 0 Å². The van der Waals surface area contributed by atoms with Crippen LogP contribution in [-0.2, 0) is 11.2 Å². The molecule has 4 heteroatoms. The second kappa shape index (κ2) is 8.84. The van der Waals surface area contributed by atoms with Crippen molar-refractivity contribution in [2.24, 2.45) is 0 Å². The molecule has 0 radical (unpaired) electrons. The standard InChI is InChI=1S/C6H15ISi.C2H6OS/c1-8(2,3)6-4-5-7;1-4(2)3/h4-6H2,1-3H3;1-2H3. The van der Waals surface area contributed by atoms with Crippen LogP contribution >= 0.6 is 22.6 Å². The van der Waals surface area contributed by atoms with E-state index in [0.717, 1.165) is 0 Å². The molecule has 0 aliphatic carbocycles. The van der Waals surface area contributed by atoms with Crippen molar-refractivity contribution in [1.29, 1.82) is 0 Å². The van der Waals surface area contributed by atoms with Gasteiger partial charge in [-0.25, -0.2) is 0 Å². The highest BCUT2D eigenvalue weighted by atomic mass is 127. The fourth-order valence-corrected chi connectivity index (χ4v) is 2.94. The van der Waals surface area contributed by atoms with Gasteiger partial charge in [0, 0.05) is 8.07 Å². The Kier molecular flexibility index (Phi) is 11.6. The Hall–Kier alpha value is 1.26. The van der Waals surface area contributed by atoms with Crippen molar-refractivity contribution < 1.29 is 4.55 Å². The molecule has 0 aliphatic rings. The monoisotopic (exact) mass is 320 g/mol. The van der Waals surface area contributed by atoms with E-state index < -0.39 is 19.2 Å². The van der Waals surface area contributed by atoms with Gasteiger partial charge in [-0.1, -0.05) is 59.5 Å². The van der Waals surface area contributed by atoms with E-state index in [2.05, 4.69) is 42.2 Å². The largest absolute Gasteiger partial charge is 0.617 e. The van der Waals surface area contributed by atoms with Crippen LogP contribution in [-0.4, -0.2) is 29.6 Å². The van der Waals surface area contributed by atoms with Crippen LogP contribution in [0.2, 0.25) is 25.7 Å². The van der Waals surface area contributed by atoms with Crippen molar-refractivity contribution in [3.8, 4) is 0 Å². The van der Waals surface area contributed by atoms with Crippen molar-refractivity contribution in [2.75, 3.05) is 16.9 Å². The molecule has 0 bridgehead atoms. The summed E-state index contributed by atoms with van der Waals surface area (Å²) in [5.74, 6) is 0. The van der Waals surface area contributed by atoms with Crippen LogP contribution in [0.3, 0.4) is 0 Å². The normalized spacial score (nSPS) is 11.0. The second-order valence-corrected chi connectivity index (χ2v) is 12.3. The fraction of sp³-hybridized carbons (Fsp3) is 1.00. The van der Waals surface area contributed by atoms with E-state index >= 15 is 0 Å². The molecule has 0 amide bonds. The summed E-state index contributed by atoms with van der Waals surface area (Å²) in [5, 5.41) is 0. The molecular formula is C8H21IOSSi. The molecule has 0 N–H and O–H groups in total. The predicted molar refractivity (Wildman–Crippen MR) is 71.6 cm³/mol. The third-order valence-electron chi connectivity index (χ3n) is 1.06. The van der Waals surface area contributed by atoms with Gasteiger partial charge in [0.15, 0.2) is 0 Å². The Morgan fingerprint density at radius 3 is 1.67 bits per heavy atom. The molecule has 12 heavy (non-hydrogen) atoms. The Morgan fingerprint density at radius 2 is 1.58 bits per heavy atom. The Balaban J connectivity index is 0. The molecule has 0 unspecified atom stereocenters. The van der Waals surface area contributed by atoms with Gasteiger partial charge in [0.1, 0.15) is 0 Å². The summed E-state index contributed by atoms with van der Waals surface area (Å²) in [5.41, 5.74) is 0. The summed E-state index contributed by atoms with van der Waals surface area (Å²) in [7, 11) is -0.683. The minimum absolute atomic E-state index is 0.611. The van der Waals surface area contributed by atoms with Crippen LogP contribution < -0.4 is 0 Å². The first-order valence-corrected chi connectivity index (χ1v) is 11.3. The maximum absolute atomic E-state index is 9.56. The van der Waals surface area contributed by atoms with Crippen molar-refractivity contribution in [3.63, 3.8) is 0 Å². The van der Waals surface area contributed by atoms with Crippen LogP contribution in [0, 0.1) is 0 Å². The molecule has 0 spiro atoms. The van der Waals surface area contributed by atoms with Crippen molar-refractivity contribution in [3.05, 3.63) is 0 Å². The summed E-state index contributed by atoms with van der Waals surface area (Å²) >= 11 is 1.84. The number of hydrogen-bond acceptors (Lipinski definition) is 1. The predicted octanol–water partition coefficient (Wildman–Crippen LogP) is 3.14. The van der Waals surface area contributed by atoms with Crippen LogP contribution in [0.1, 0.15) is 6.42 Å². The van der Waals surface area contributed by atoms with Crippen LogP contribution in [0.25, 0.3) is 0 Å². The second-order valence-electron chi connectivity index (χ2n) is 4.09. The zero-order chi connectivity index (χ0) is 10.2. The van der Waals surface area contributed by atoms with Crippen molar-refractivity contribution in [1.82, 2.24) is 0 Å². The van der Waals surface area contributed by atoms with Gasteiger partial charge in [0.25, 0.3) is 0 Å². The molecule has 76 valence electrons. The van der Waals surface area contributed by atoms with E-state index in [1.54, 1.807) is 12.5 Å². The van der Waals surface area contributed by atoms with Crippen molar-refractivity contribution in [2.45, 2.75) is 32.1 Å². The summed E-state index contributed by atoms with van der Waals surface area (Å²) in [6.07, 6.45) is 4.70. The van der Waals surface area contributed by atoms with Gasteiger partial charge in [-0.15, -0.1) is 0 Å². The van der Waals surface area contributed by atoms with Crippen LogP contribution in [0.4, 0.5) is 0 Å². The highest BCUT2D eigenvalue weighted by Gasteiger charge is 2.10. The van der Waals surface area contributed by atoms with E-state index in [1.807, 2.05) is 0 Å². The molecule has 0 heterocycles. The smallest absolute Gasteiger partial charge is 0.0946 e. The molecule has 0 aromatic rings. The molecule has 0 aromatic carbocycles. The quantitative estimate of drug-likeness (QED) is 0.339. The number of rotatable bonds is 3. The van der Waals surface area contributed by atoms with Gasteiger partial charge in [0.2, 0.25) is 0 Å². The van der Waals surface area contributed by atoms with E-state index in [9.17, 15) is 4.55 Å². The summed E-state index contributed by atoms with van der Waals surface area (Å²) in [6, 6.07) is 1.50. The summed E-state index contributed by atoms with van der Waals surface area (Å²) in [6.45, 7) is 7.29. The van der Waals surface area contributed by atoms with Gasteiger partial charge in [-0.3, -0.25) is 0 Å². The van der Waals surface area contributed by atoms with E-state index in [1.165, 1.54) is 16.9 Å². The molecule has 0 saturated heterocycles. The lowest BCUT2D eigenvalue weighted by atomic mass is 10.6. The molecular weight excluding hydrogens is 299 g/mol. The lowest BCUT2D eigenvalue weighted by molar-refractivity contribution is 0.606. The maximum Gasteiger partial charge on any atom is 0.0946 e. The first-order valence-electron chi connectivity index (χ1n) is 4.10. The van der Waals surface area contributed by atoms with Gasteiger partial charge in [-0.05, 0) is 10.8 Å². The summed E-state index contributed by atoms with van der Waals surface area (Å²) in [4.78, 5) is 0. The highest BCUT2D eigenvalue weighted by Crippen LogP contribution is 2.11. The molecule has 1 nitrogen and oxygen atoms in total. The first-order chi connectivity index (χ1) is 5.29. The number of hydrogen-bond donors (Lipinski definition) is 0. The molecule has 0 aromatic heterocycles. The van der Waals surface area contributed by atoms with Crippen molar-refractivity contribution >= 4 is 41.8 Å². The SMILES string of the molecule is C[S+](C)[O-].C[Si](C)(C)CCCI. The van der Waals surface area contributed by atoms with E-state index in [0.29, 0.717) is 0 Å². The van der Waals surface area contributed by atoms with Gasteiger partial charge >= 0.3 is 0 Å². The van der Waals surface area contributed by atoms with Gasteiger partial charge in [-0.2, -0.15) is 0 Å². The van der Waals surface area contributed by atoms with E-state index in [-0.39, 0.29) is 0 Å². The maximum atomic E-state index is 9.56. The minimum atomic E-state index is -0.683. The Bertz CT molecular complexity index is 90.8. The number of halogens is 1. The summed E-state index contributed by atoms with van der Waals surface area (Å²) < 4.78 is 10.9. The third kappa shape index (κ3) is 30.3. The third-order valence-corrected chi connectivity index (χ3v) is 3.68. The lowest BCUT2D eigenvalue weighted by Crippen LogP contribution is -2.18. The number of alkyl halides is 1. The molecule has 0 atom stereocenters. The van der Waals surface area contributed by atoms with Crippen LogP contribution in [0.15, 0.2) is 0 Å². The van der Waals surface area contributed by atoms with Gasteiger partial charge < -0.3 is 4.55 Å². The topological polar surface area (TPSA) is 23.1 Å². The zero-order valence-corrected chi connectivity index (χ0v) is 12.8. The van der Waals surface area contributed by atoms with E-state index in [4.69, 9.17) is 0 Å². The Morgan fingerprint density at radius 1 is 1.25 bits per heavy atom.